The van der Waals surface area contributed by atoms with Crippen molar-refractivity contribution >= 4 is 15.9 Å². The van der Waals surface area contributed by atoms with E-state index in [1.54, 1.807) is 18.2 Å². The maximum Gasteiger partial charge on any atom is 0.252 e. The molecule has 0 saturated carbocycles. The largest absolute Gasteiger partial charge is 0.352 e. The summed E-state index contributed by atoms with van der Waals surface area (Å²) in [5.74, 6) is -0.0142. The highest BCUT2D eigenvalue weighted by Crippen LogP contribution is 2.23. The molecule has 0 bridgehead atoms. The molecule has 1 aliphatic heterocycles. The van der Waals surface area contributed by atoms with E-state index in [4.69, 9.17) is 0 Å². The lowest BCUT2D eigenvalue weighted by molar-refractivity contribution is 0.0945. The Morgan fingerprint density at radius 3 is 2.45 bits per heavy atom. The van der Waals surface area contributed by atoms with Crippen LogP contribution < -0.4 is 5.32 Å². The molecule has 1 fully saturated rings. The van der Waals surface area contributed by atoms with Gasteiger partial charge in [0.15, 0.2) is 0 Å². The Morgan fingerprint density at radius 1 is 1.18 bits per heavy atom. The Labute approximate surface area is 132 Å². The predicted molar refractivity (Wildman–Crippen MR) is 86.2 cm³/mol. The molecule has 1 saturated heterocycles. The van der Waals surface area contributed by atoms with Crippen LogP contribution in [0.2, 0.25) is 0 Å². The number of amides is 1. The third-order valence-electron chi connectivity index (χ3n) is 3.74. The number of benzene rings is 1. The van der Waals surface area contributed by atoms with Gasteiger partial charge >= 0.3 is 0 Å². The number of piperidine rings is 1. The summed E-state index contributed by atoms with van der Waals surface area (Å²) in [6, 6.07) is 6.45. The van der Waals surface area contributed by atoms with E-state index in [9.17, 15) is 13.2 Å². The van der Waals surface area contributed by atoms with Gasteiger partial charge in [-0.2, -0.15) is 4.31 Å². The molecule has 0 unspecified atom stereocenters. The van der Waals surface area contributed by atoms with Crippen LogP contribution in [0.1, 0.15) is 43.5 Å². The molecule has 0 atom stereocenters. The third kappa shape index (κ3) is 3.87. The van der Waals surface area contributed by atoms with Crippen LogP contribution in [-0.4, -0.2) is 38.3 Å². The molecule has 5 nitrogen and oxygen atoms in total. The standard InChI is InChI=1S/C16H24N2O3S/c1-13(2)12-17-16(19)14-8-4-5-9-15(14)22(20,21)18-10-6-3-7-11-18/h4-5,8-9,13H,3,6-7,10-12H2,1-2H3,(H,17,19). The van der Waals surface area contributed by atoms with Gasteiger partial charge in [0.1, 0.15) is 0 Å². The van der Waals surface area contributed by atoms with Crippen molar-refractivity contribution in [2.45, 2.75) is 38.0 Å². The number of nitrogens with zero attached hydrogens (tertiary/aromatic N) is 1. The highest BCUT2D eigenvalue weighted by molar-refractivity contribution is 7.89. The van der Waals surface area contributed by atoms with Crippen LogP contribution in [0, 0.1) is 5.92 Å². The van der Waals surface area contributed by atoms with Crippen LogP contribution in [0.4, 0.5) is 0 Å². The maximum absolute atomic E-state index is 12.8. The van der Waals surface area contributed by atoms with Gasteiger partial charge in [-0.05, 0) is 30.9 Å². The Kier molecular flexibility index (Phi) is 5.58. The summed E-state index contributed by atoms with van der Waals surface area (Å²) in [5, 5.41) is 2.79. The predicted octanol–water partition coefficient (Wildman–Crippen LogP) is 2.25. The first-order valence-electron chi connectivity index (χ1n) is 7.80. The molecule has 1 heterocycles. The first-order valence-corrected chi connectivity index (χ1v) is 9.24. The van der Waals surface area contributed by atoms with Crippen molar-refractivity contribution in [1.82, 2.24) is 9.62 Å². The Bertz CT molecular complexity index is 620. The van der Waals surface area contributed by atoms with Gasteiger partial charge in [0.05, 0.1) is 10.5 Å². The van der Waals surface area contributed by atoms with Crippen molar-refractivity contribution in [1.29, 1.82) is 0 Å². The Balaban J connectivity index is 2.29. The topological polar surface area (TPSA) is 66.5 Å². The molecule has 22 heavy (non-hydrogen) atoms. The van der Waals surface area contributed by atoms with E-state index in [0.29, 0.717) is 25.6 Å². The number of nitrogens with one attached hydrogen (secondary N) is 1. The van der Waals surface area contributed by atoms with Gasteiger partial charge in [0, 0.05) is 19.6 Å². The first kappa shape index (κ1) is 17.0. The summed E-state index contributed by atoms with van der Waals surface area (Å²) in [6.07, 6.45) is 2.81. The van der Waals surface area contributed by atoms with E-state index in [-0.39, 0.29) is 16.4 Å². The second-order valence-corrected chi connectivity index (χ2v) is 7.97. The molecule has 1 aromatic carbocycles. The number of carbonyl (C=O) groups excluding carboxylic acids is 1. The monoisotopic (exact) mass is 324 g/mol. The third-order valence-corrected chi connectivity index (χ3v) is 5.69. The number of sulfonamides is 1. The van der Waals surface area contributed by atoms with Crippen LogP contribution in [0.25, 0.3) is 0 Å². The Hall–Kier alpha value is -1.40. The van der Waals surface area contributed by atoms with Gasteiger partial charge in [0.25, 0.3) is 5.91 Å². The molecule has 2 rings (SSSR count). The van der Waals surface area contributed by atoms with Gasteiger partial charge in [-0.1, -0.05) is 32.4 Å². The number of rotatable bonds is 5. The Morgan fingerprint density at radius 2 is 1.82 bits per heavy atom. The van der Waals surface area contributed by atoms with E-state index < -0.39 is 10.0 Å². The fraction of sp³-hybridized carbons (Fsp3) is 0.562. The van der Waals surface area contributed by atoms with Gasteiger partial charge in [0.2, 0.25) is 10.0 Å². The lowest BCUT2D eigenvalue weighted by Crippen LogP contribution is -2.37. The van der Waals surface area contributed by atoms with Crippen LogP contribution in [-0.2, 0) is 10.0 Å². The minimum absolute atomic E-state index is 0.109. The molecular formula is C16H24N2O3S. The van der Waals surface area contributed by atoms with Crippen molar-refractivity contribution in [2.75, 3.05) is 19.6 Å². The number of hydrogen-bond acceptors (Lipinski definition) is 3. The average Bonchev–Trinajstić information content (AvgIpc) is 2.53. The van der Waals surface area contributed by atoms with E-state index in [1.807, 2.05) is 13.8 Å². The molecule has 6 heteroatoms. The minimum atomic E-state index is -3.60. The molecule has 1 amide bonds. The minimum Gasteiger partial charge on any atom is -0.352 e. The van der Waals surface area contributed by atoms with Crippen molar-refractivity contribution in [2.24, 2.45) is 5.92 Å². The van der Waals surface area contributed by atoms with Crippen LogP contribution >= 0.6 is 0 Å². The quantitative estimate of drug-likeness (QED) is 0.903. The SMILES string of the molecule is CC(C)CNC(=O)c1ccccc1S(=O)(=O)N1CCCCC1. The molecule has 1 aromatic rings. The van der Waals surface area contributed by atoms with Crippen molar-refractivity contribution in [3.8, 4) is 0 Å². The second-order valence-electron chi connectivity index (χ2n) is 6.06. The molecular weight excluding hydrogens is 300 g/mol. The van der Waals surface area contributed by atoms with Crippen molar-refractivity contribution in [3.63, 3.8) is 0 Å². The summed E-state index contributed by atoms with van der Waals surface area (Å²) in [6.45, 7) is 5.58. The zero-order chi connectivity index (χ0) is 16.2. The van der Waals surface area contributed by atoms with E-state index in [2.05, 4.69) is 5.32 Å². The van der Waals surface area contributed by atoms with Gasteiger partial charge < -0.3 is 5.32 Å². The van der Waals surface area contributed by atoms with E-state index in [1.165, 1.54) is 10.4 Å². The van der Waals surface area contributed by atoms with Crippen LogP contribution in [0.15, 0.2) is 29.2 Å². The summed E-state index contributed by atoms with van der Waals surface area (Å²) >= 11 is 0. The highest BCUT2D eigenvalue weighted by atomic mass is 32.2. The first-order chi connectivity index (χ1) is 10.4. The number of hydrogen-bond donors (Lipinski definition) is 1. The highest BCUT2D eigenvalue weighted by Gasteiger charge is 2.29. The normalized spacial score (nSPS) is 16.7. The fourth-order valence-electron chi connectivity index (χ4n) is 2.52. The summed E-state index contributed by atoms with van der Waals surface area (Å²) in [4.78, 5) is 12.4. The van der Waals surface area contributed by atoms with Crippen molar-refractivity contribution < 1.29 is 13.2 Å². The summed E-state index contributed by atoms with van der Waals surface area (Å²) in [5.41, 5.74) is 0.230. The van der Waals surface area contributed by atoms with Gasteiger partial charge in [-0.15, -0.1) is 0 Å². The molecule has 0 aromatic heterocycles. The second kappa shape index (κ2) is 7.24. The zero-order valence-corrected chi connectivity index (χ0v) is 14.0. The molecule has 0 radical (unpaired) electrons. The summed E-state index contributed by atoms with van der Waals surface area (Å²) in [7, 11) is -3.60. The fourth-order valence-corrected chi connectivity index (χ4v) is 4.22. The molecule has 0 spiro atoms. The van der Waals surface area contributed by atoms with Gasteiger partial charge in [-0.25, -0.2) is 8.42 Å². The summed E-state index contributed by atoms with van der Waals surface area (Å²) < 4.78 is 27.1. The smallest absolute Gasteiger partial charge is 0.252 e. The zero-order valence-electron chi connectivity index (χ0n) is 13.2. The molecule has 1 N–H and O–H groups in total. The average molecular weight is 324 g/mol. The van der Waals surface area contributed by atoms with Crippen molar-refractivity contribution in [3.05, 3.63) is 29.8 Å². The van der Waals surface area contributed by atoms with Crippen LogP contribution in [0.5, 0.6) is 0 Å². The number of carbonyl (C=O) groups is 1. The molecule has 1 aliphatic rings. The lowest BCUT2D eigenvalue weighted by Gasteiger charge is -2.26. The maximum atomic E-state index is 12.8. The van der Waals surface area contributed by atoms with E-state index in [0.717, 1.165) is 19.3 Å². The van der Waals surface area contributed by atoms with Crippen LogP contribution in [0.3, 0.4) is 0 Å². The lowest BCUT2D eigenvalue weighted by atomic mass is 10.2. The molecule has 122 valence electrons. The van der Waals surface area contributed by atoms with Gasteiger partial charge in [-0.3, -0.25) is 4.79 Å². The molecule has 0 aliphatic carbocycles. The van der Waals surface area contributed by atoms with E-state index >= 15 is 0 Å².